The second-order valence-electron chi connectivity index (χ2n) is 4.51. The first kappa shape index (κ1) is 15.8. The van der Waals surface area contributed by atoms with E-state index in [1.54, 1.807) is 0 Å². The number of aliphatic hydroxyl groups is 2. The number of rotatable bonds is 4. The number of H-pyrrole nitrogens is 1. The zero-order chi connectivity index (χ0) is 15.6. The maximum Gasteiger partial charge on any atom is 0.352 e. The van der Waals surface area contributed by atoms with E-state index >= 15 is 0 Å². The van der Waals surface area contributed by atoms with Crippen LogP contribution in [-0.2, 0) is 14.3 Å². The molecule has 0 aromatic carbocycles. The van der Waals surface area contributed by atoms with Crippen molar-refractivity contribution < 1.29 is 24.5 Å². The maximum absolute atomic E-state index is 11.1. The third kappa shape index (κ3) is 3.54. The van der Waals surface area contributed by atoms with E-state index in [2.05, 4.69) is 9.72 Å². The van der Waals surface area contributed by atoms with E-state index in [-0.39, 0.29) is 16.8 Å². The summed E-state index contributed by atoms with van der Waals surface area (Å²) in [4.78, 5) is 24.6. The molecule has 1 aromatic rings. The van der Waals surface area contributed by atoms with Crippen LogP contribution in [0.15, 0.2) is 17.1 Å². The average molecular weight is 317 g/mol. The molecule has 0 radical (unpaired) electrons. The number of hydrogen-bond donors (Lipinski definition) is 4. The minimum Gasteiger partial charge on any atom is -0.405 e. The standard InChI is InChI=1S/C11H15N3O6S/c12-5-9(16)20-11(17,18)6-1-2-8(19-6)14-4-3-7(15)13-10(14)21/h3-4,6,8,17-18H,1-2,5,12H2,(H,13,15,21). The minimum atomic E-state index is -2.77. The van der Waals surface area contributed by atoms with E-state index < -0.39 is 30.8 Å². The van der Waals surface area contributed by atoms with Crippen molar-refractivity contribution >= 4 is 18.2 Å². The van der Waals surface area contributed by atoms with Crippen LogP contribution in [0.25, 0.3) is 0 Å². The molecule has 1 aliphatic rings. The lowest BCUT2D eigenvalue weighted by Gasteiger charge is -2.27. The molecule has 5 N–H and O–H groups in total. The Morgan fingerprint density at radius 1 is 1.62 bits per heavy atom. The lowest BCUT2D eigenvalue weighted by molar-refractivity contribution is -0.362. The van der Waals surface area contributed by atoms with Crippen molar-refractivity contribution in [2.75, 3.05) is 6.54 Å². The van der Waals surface area contributed by atoms with Crippen molar-refractivity contribution in [3.05, 3.63) is 27.4 Å². The number of carbonyl (C=O) groups is 1. The van der Waals surface area contributed by atoms with Gasteiger partial charge in [0.2, 0.25) is 0 Å². The summed E-state index contributed by atoms with van der Waals surface area (Å²) < 4.78 is 11.5. The van der Waals surface area contributed by atoms with Crippen molar-refractivity contribution in [2.24, 2.45) is 5.73 Å². The van der Waals surface area contributed by atoms with Crippen LogP contribution < -0.4 is 11.3 Å². The monoisotopic (exact) mass is 317 g/mol. The molecule has 116 valence electrons. The number of ether oxygens (including phenoxy) is 2. The number of nitrogens with zero attached hydrogens (tertiary/aromatic N) is 1. The molecule has 0 saturated carbocycles. The molecule has 21 heavy (non-hydrogen) atoms. The predicted molar refractivity (Wildman–Crippen MR) is 71.3 cm³/mol. The third-order valence-electron chi connectivity index (χ3n) is 3.01. The molecule has 0 aliphatic carbocycles. The quantitative estimate of drug-likeness (QED) is 0.306. The van der Waals surface area contributed by atoms with Crippen LogP contribution in [0.2, 0.25) is 0 Å². The van der Waals surface area contributed by atoms with Gasteiger partial charge >= 0.3 is 11.9 Å². The first-order chi connectivity index (χ1) is 9.83. The zero-order valence-electron chi connectivity index (χ0n) is 10.9. The Hall–Kier alpha value is -1.59. The van der Waals surface area contributed by atoms with Crippen LogP contribution in [0.4, 0.5) is 0 Å². The molecule has 1 saturated heterocycles. The van der Waals surface area contributed by atoms with Gasteiger partial charge in [-0.2, -0.15) is 0 Å². The lowest BCUT2D eigenvalue weighted by Crippen LogP contribution is -2.47. The molecule has 10 heteroatoms. The van der Waals surface area contributed by atoms with Gasteiger partial charge in [0.15, 0.2) is 10.9 Å². The van der Waals surface area contributed by atoms with Gasteiger partial charge in [-0.1, -0.05) is 0 Å². The summed E-state index contributed by atoms with van der Waals surface area (Å²) in [5.41, 5.74) is 4.70. The van der Waals surface area contributed by atoms with Crippen LogP contribution in [0.1, 0.15) is 19.1 Å². The van der Waals surface area contributed by atoms with Gasteiger partial charge in [-0.25, -0.2) is 0 Å². The Morgan fingerprint density at radius 2 is 2.33 bits per heavy atom. The second kappa shape index (κ2) is 6.03. The summed E-state index contributed by atoms with van der Waals surface area (Å²) in [6, 6.07) is 1.27. The van der Waals surface area contributed by atoms with Gasteiger partial charge < -0.3 is 25.4 Å². The second-order valence-corrected chi connectivity index (χ2v) is 4.90. The molecule has 2 rings (SSSR count). The Labute approximate surface area is 123 Å². The molecule has 0 spiro atoms. The third-order valence-corrected chi connectivity index (χ3v) is 3.32. The van der Waals surface area contributed by atoms with E-state index in [9.17, 15) is 19.8 Å². The highest BCUT2D eigenvalue weighted by Crippen LogP contribution is 2.33. The Balaban J connectivity index is 2.11. The first-order valence-corrected chi connectivity index (χ1v) is 6.58. The number of carbonyl (C=O) groups excluding carboxylic acids is 1. The van der Waals surface area contributed by atoms with Crippen molar-refractivity contribution in [3.8, 4) is 0 Å². The van der Waals surface area contributed by atoms with Crippen molar-refractivity contribution in [1.82, 2.24) is 9.55 Å². The lowest BCUT2D eigenvalue weighted by atomic mass is 10.2. The smallest absolute Gasteiger partial charge is 0.352 e. The first-order valence-electron chi connectivity index (χ1n) is 6.17. The van der Waals surface area contributed by atoms with Crippen molar-refractivity contribution in [1.29, 1.82) is 0 Å². The largest absolute Gasteiger partial charge is 0.405 e. The summed E-state index contributed by atoms with van der Waals surface area (Å²) in [5, 5.41) is 19.5. The van der Waals surface area contributed by atoms with Crippen LogP contribution in [0.5, 0.6) is 0 Å². The number of aromatic amines is 1. The van der Waals surface area contributed by atoms with Gasteiger partial charge in [0.05, 0.1) is 6.54 Å². The fourth-order valence-electron chi connectivity index (χ4n) is 2.03. The van der Waals surface area contributed by atoms with E-state index in [1.807, 2.05) is 0 Å². The summed E-state index contributed by atoms with van der Waals surface area (Å²) in [7, 11) is 0. The fourth-order valence-corrected chi connectivity index (χ4v) is 2.31. The minimum absolute atomic E-state index is 0.147. The van der Waals surface area contributed by atoms with Gasteiger partial charge in [0, 0.05) is 12.3 Å². The Kier molecular flexibility index (Phi) is 4.54. The highest BCUT2D eigenvalue weighted by Gasteiger charge is 2.45. The summed E-state index contributed by atoms with van der Waals surface area (Å²) in [6.45, 7) is -0.482. The van der Waals surface area contributed by atoms with Gasteiger partial charge in [0.25, 0.3) is 5.56 Å². The molecule has 1 aliphatic heterocycles. The number of nitrogens with one attached hydrogen (secondary N) is 1. The SMILES string of the molecule is NCC(=O)OC(O)(O)C1CCC(n2ccc(=O)[nH]c2=S)O1. The van der Waals surface area contributed by atoms with E-state index in [0.29, 0.717) is 6.42 Å². The number of aromatic nitrogens is 2. The summed E-state index contributed by atoms with van der Waals surface area (Å²) >= 11 is 5.00. The summed E-state index contributed by atoms with van der Waals surface area (Å²) in [5.74, 6) is -3.73. The van der Waals surface area contributed by atoms with Crippen LogP contribution >= 0.6 is 12.2 Å². The fraction of sp³-hybridized carbons (Fsp3) is 0.545. The average Bonchev–Trinajstić information content (AvgIpc) is 2.88. The Bertz CT molecular complexity index is 639. The molecule has 1 aromatic heterocycles. The van der Waals surface area contributed by atoms with Gasteiger partial charge in [-0.05, 0) is 25.1 Å². The molecular formula is C11H15N3O6S. The van der Waals surface area contributed by atoms with E-state index in [4.69, 9.17) is 22.7 Å². The topological polar surface area (TPSA) is 140 Å². The number of esters is 1. The van der Waals surface area contributed by atoms with Crippen LogP contribution in [0.3, 0.4) is 0 Å². The molecule has 0 bridgehead atoms. The number of nitrogens with two attached hydrogens (primary N) is 1. The molecular weight excluding hydrogens is 302 g/mol. The van der Waals surface area contributed by atoms with E-state index in [1.165, 1.54) is 16.8 Å². The van der Waals surface area contributed by atoms with Gasteiger partial charge in [-0.3, -0.25) is 19.1 Å². The Morgan fingerprint density at radius 3 is 2.95 bits per heavy atom. The molecule has 1 fully saturated rings. The maximum atomic E-state index is 11.1. The molecule has 9 nitrogen and oxygen atoms in total. The van der Waals surface area contributed by atoms with E-state index in [0.717, 1.165) is 0 Å². The number of hydrogen-bond acceptors (Lipinski definition) is 8. The van der Waals surface area contributed by atoms with Crippen LogP contribution in [0, 0.1) is 4.77 Å². The normalized spacial score (nSPS) is 22.2. The highest BCUT2D eigenvalue weighted by molar-refractivity contribution is 7.71. The summed E-state index contributed by atoms with van der Waals surface area (Å²) in [6.07, 6.45) is 0.308. The predicted octanol–water partition coefficient (Wildman–Crippen LogP) is -1.28. The van der Waals surface area contributed by atoms with Crippen molar-refractivity contribution in [3.63, 3.8) is 0 Å². The van der Waals surface area contributed by atoms with Crippen LogP contribution in [-0.4, -0.2) is 44.4 Å². The van der Waals surface area contributed by atoms with Gasteiger partial charge in [-0.15, -0.1) is 0 Å². The molecule has 2 atom stereocenters. The van der Waals surface area contributed by atoms with Gasteiger partial charge in [0.1, 0.15) is 6.23 Å². The van der Waals surface area contributed by atoms with Crippen molar-refractivity contribution in [2.45, 2.75) is 31.1 Å². The molecule has 2 unspecified atom stereocenters. The molecule has 0 amide bonds. The molecule has 2 heterocycles. The highest BCUT2D eigenvalue weighted by atomic mass is 32.1. The zero-order valence-corrected chi connectivity index (χ0v) is 11.7.